The summed E-state index contributed by atoms with van der Waals surface area (Å²) in [5.74, 6) is 0.987. The maximum absolute atomic E-state index is 13.0. The number of anilines is 2. The van der Waals surface area contributed by atoms with Gasteiger partial charge in [-0.1, -0.05) is 23.9 Å². The minimum atomic E-state index is -0.244. The number of nitrogens with zero attached hydrogens (tertiary/aromatic N) is 4. The summed E-state index contributed by atoms with van der Waals surface area (Å²) in [4.78, 5) is 26.3. The van der Waals surface area contributed by atoms with Crippen molar-refractivity contribution in [3.8, 4) is 0 Å². The quantitative estimate of drug-likeness (QED) is 0.371. The number of pyridine rings is 2. The van der Waals surface area contributed by atoms with Crippen molar-refractivity contribution in [3.63, 3.8) is 0 Å². The van der Waals surface area contributed by atoms with Crippen molar-refractivity contribution in [1.82, 2.24) is 14.9 Å². The van der Waals surface area contributed by atoms with Crippen LogP contribution in [0.15, 0.2) is 48.8 Å². The number of fused-ring (bicyclic) bond motifs is 1. The fraction of sp³-hybridized carbons (Fsp3) is 0.320. The van der Waals surface area contributed by atoms with Gasteiger partial charge in [0, 0.05) is 42.0 Å². The number of aromatic nitrogens is 2. The lowest BCUT2D eigenvalue weighted by Crippen LogP contribution is -2.42. The average molecular weight is 476 g/mol. The summed E-state index contributed by atoms with van der Waals surface area (Å²) in [5, 5.41) is 21.1. The molecule has 3 aromatic rings. The largest absolute Gasteiger partial charge is 0.357 e. The first kappa shape index (κ1) is 23.8. The molecule has 2 aromatic heterocycles. The van der Waals surface area contributed by atoms with Crippen molar-refractivity contribution in [2.75, 3.05) is 37.4 Å². The van der Waals surface area contributed by atoms with Crippen LogP contribution in [0.2, 0.25) is 0 Å². The summed E-state index contributed by atoms with van der Waals surface area (Å²) in [5.41, 5.74) is 1.25. The highest BCUT2D eigenvalue weighted by molar-refractivity contribution is 8.26. The number of hydrogen-bond acceptors (Lipinski definition) is 8. The molecule has 4 rings (SSSR count). The van der Waals surface area contributed by atoms with E-state index >= 15 is 0 Å². The zero-order valence-corrected chi connectivity index (χ0v) is 20.4. The molecule has 1 aliphatic rings. The predicted octanol–water partition coefficient (Wildman–Crippen LogP) is 4.47. The Morgan fingerprint density at radius 3 is 2.59 bits per heavy atom. The molecular weight excluding hydrogens is 446 g/mol. The molecule has 1 fully saturated rings. The van der Waals surface area contributed by atoms with Gasteiger partial charge in [0.1, 0.15) is 16.7 Å². The summed E-state index contributed by atoms with van der Waals surface area (Å²) in [6.45, 7) is 3.78. The summed E-state index contributed by atoms with van der Waals surface area (Å²) in [6, 6.07) is 11.4. The lowest BCUT2D eigenvalue weighted by molar-refractivity contribution is 0.102. The van der Waals surface area contributed by atoms with E-state index < -0.39 is 0 Å². The number of likely N-dealkylation sites (tertiary alicyclic amines) is 1. The molecule has 8 nitrogen and oxygen atoms in total. The molecule has 0 bridgehead atoms. The number of amides is 1. The fourth-order valence-electron chi connectivity index (χ4n) is 4.07. The van der Waals surface area contributed by atoms with Crippen molar-refractivity contribution < 1.29 is 4.79 Å². The first-order chi connectivity index (χ1) is 16.3. The lowest BCUT2D eigenvalue weighted by Gasteiger charge is -2.35. The van der Waals surface area contributed by atoms with Gasteiger partial charge in [0.15, 0.2) is 0 Å². The van der Waals surface area contributed by atoms with E-state index in [9.17, 15) is 4.79 Å². The number of carbonyl (C=O) groups is 1. The Labute approximate surface area is 203 Å². The Kier molecular flexibility index (Phi) is 7.23. The second kappa shape index (κ2) is 10.3. The second-order valence-corrected chi connectivity index (χ2v) is 9.85. The molecule has 0 aliphatic carbocycles. The van der Waals surface area contributed by atoms with Gasteiger partial charge in [-0.05, 0) is 69.6 Å². The third-order valence-corrected chi connectivity index (χ3v) is 6.83. The second-order valence-electron chi connectivity index (χ2n) is 8.62. The smallest absolute Gasteiger partial charge is 0.257 e. The normalized spacial score (nSPS) is 14.7. The minimum Gasteiger partial charge on any atom is -0.357 e. The molecule has 0 radical (unpaired) electrons. The number of benzene rings is 1. The van der Waals surface area contributed by atoms with Crippen LogP contribution in [0, 0.1) is 10.8 Å². The zero-order chi connectivity index (χ0) is 24.2. The molecule has 0 atom stereocenters. The minimum absolute atomic E-state index is 0.244. The Morgan fingerprint density at radius 2 is 1.85 bits per heavy atom. The highest BCUT2D eigenvalue weighted by atomic mass is 32.2. The predicted molar refractivity (Wildman–Crippen MR) is 141 cm³/mol. The van der Waals surface area contributed by atoms with Crippen LogP contribution in [0.5, 0.6) is 0 Å². The zero-order valence-electron chi connectivity index (χ0n) is 19.6. The molecule has 0 unspecified atom stereocenters. The van der Waals surface area contributed by atoms with Crippen LogP contribution in [0.4, 0.5) is 11.6 Å². The van der Waals surface area contributed by atoms with Gasteiger partial charge in [-0.15, -0.1) is 0 Å². The van der Waals surface area contributed by atoms with E-state index in [-0.39, 0.29) is 5.91 Å². The van der Waals surface area contributed by atoms with Crippen LogP contribution >= 0.6 is 11.8 Å². The molecule has 34 heavy (non-hydrogen) atoms. The van der Waals surface area contributed by atoms with Gasteiger partial charge in [-0.25, -0.2) is 9.97 Å². The molecule has 3 N–H and O–H groups in total. The summed E-state index contributed by atoms with van der Waals surface area (Å²) < 4.78 is 0. The van der Waals surface area contributed by atoms with Crippen LogP contribution in [-0.4, -0.2) is 64.1 Å². The van der Waals surface area contributed by atoms with Crippen LogP contribution < -0.4 is 10.2 Å². The molecule has 0 saturated carbocycles. The Bertz CT molecular complexity index is 1240. The number of hydrogen-bond donors (Lipinski definition) is 3. The van der Waals surface area contributed by atoms with Gasteiger partial charge in [-0.3, -0.25) is 15.6 Å². The van der Waals surface area contributed by atoms with Crippen molar-refractivity contribution in [3.05, 3.63) is 59.9 Å². The summed E-state index contributed by atoms with van der Waals surface area (Å²) in [6.07, 6.45) is 5.52. The number of nitrogens with one attached hydrogen (secondary N) is 3. The number of thioether (sulfide) groups is 1. The van der Waals surface area contributed by atoms with E-state index in [1.54, 1.807) is 31.5 Å². The van der Waals surface area contributed by atoms with Gasteiger partial charge in [0.05, 0.1) is 5.04 Å². The third kappa shape index (κ3) is 5.60. The van der Waals surface area contributed by atoms with Crippen LogP contribution in [0.1, 0.15) is 35.7 Å². The van der Waals surface area contributed by atoms with Crippen molar-refractivity contribution in [1.29, 1.82) is 10.8 Å². The van der Waals surface area contributed by atoms with Gasteiger partial charge in [0.2, 0.25) is 0 Å². The molecule has 3 heterocycles. The SMILES string of the molecule is CC(=N)SC(=N)c1ccc2cnc(NC(=O)c3ccnc(N(C)C4CCN(C)CC4)c3)cc2c1. The van der Waals surface area contributed by atoms with Gasteiger partial charge in [-0.2, -0.15) is 0 Å². The first-order valence-electron chi connectivity index (χ1n) is 11.2. The fourth-order valence-corrected chi connectivity index (χ4v) is 4.62. The van der Waals surface area contributed by atoms with E-state index in [1.165, 1.54) is 0 Å². The number of rotatable bonds is 5. The van der Waals surface area contributed by atoms with Crippen LogP contribution in [0.25, 0.3) is 10.8 Å². The van der Waals surface area contributed by atoms with Crippen LogP contribution in [-0.2, 0) is 0 Å². The van der Waals surface area contributed by atoms with Crippen molar-refractivity contribution in [2.45, 2.75) is 25.8 Å². The van der Waals surface area contributed by atoms with E-state index in [1.807, 2.05) is 31.3 Å². The van der Waals surface area contributed by atoms with E-state index in [0.717, 1.165) is 59.8 Å². The van der Waals surface area contributed by atoms with Crippen molar-refractivity contribution in [2.24, 2.45) is 0 Å². The standard InChI is InChI=1S/C25H29N7OS/c1-16(26)34-24(27)17-4-5-19-15-29-22(13-20(19)12-17)30-25(33)18-6-9-28-23(14-18)32(3)21-7-10-31(2)11-8-21/h4-6,9,12-15,21,26-27H,7-8,10-11H2,1-3H3,(H,29,30,33). The molecule has 0 spiro atoms. The van der Waals surface area contributed by atoms with Crippen molar-refractivity contribution >= 4 is 50.2 Å². The molecule has 1 aromatic carbocycles. The van der Waals surface area contributed by atoms with Gasteiger partial charge < -0.3 is 15.1 Å². The molecule has 9 heteroatoms. The van der Waals surface area contributed by atoms with Gasteiger partial charge in [0.25, 0.3) is 5.91 Å². The maximum Gasteiger partial charge on any atom is 0.257 e. The lowest BCUT2D eigenvalue weighted by atomic mass is 10.0. The molecular formula is C25H29N7OS. The maximum atomic E-state index is 13.0. The Hall–Kier alpha value is -3.30. The Morgan fingerprint density at radius 1 is 1.09 bits per heavy atom. The molecule has 1 aliphatic heterocycles. The third-order valence-electron chi connectivity index (χ3n) is 6.09. The summed E-state index contributed by atoms with van der Waals surface area (Å²) >= 11 is 1.11. The number of carbonyl (C=O) groups excluding carboxylic acids is 1. The molecule has 1 amide bonds. The first-order valence-corrected chi connectivity index (χ1v) is 12.0. The molecule has 176 valence electrons. The highest BCUT2D eigenvalue weighted by Gasteiger charge is 2.22. The average Bonchev–Trinajstić information content (AvgIpc) is 2.83. The monoisotopic (exact) mass is 475 g/mol. The van der Waals surface area contributed by atoms with E-state index in [4.69, 9.17) is 10.8 Å². The van der Waals surface area contributed by atoms with Crippen LogP contribution in [0.3, 0.4) is 0 Å². The highest BCUT2D eigenvalue weighted by Crippen LogP contribution is 2.23. The topological polar surface area (TPSA) is 109 Å². The Balaban J connectivity index is 1.49. The van der Waals surface area contributed by atoms with E-state index in [2.05, 4.69) is 32.1 Å². The van der Waals surface area contributed by atoms with E-state index in [0.29, 0.717) is 27.5 Å². The molecule has 1 saturated heterocycles. The van der Waals surface area contributed by atoms with Gasteiger partial charge >= 0.3 is 0 Å². The number of piperidine rings is 1. The summed E-state index contributed by atoms with van der Waals surface area (Å²) in [7, 11) is 4.18.